The molecule has 1 unspecified atom stereocenters. The maximum Gasteiger partial charge on any atom is 0.406 e. The Labute approximate surface area is 116 Å². The summed E-state index contributed by atoms with van der Waals surface area (Å²) >= 11 is 1.59. The number of carbonyl (C=O) groups is 2. The molecule has 0 saturated heterocycles. The summed E-state index contributed by atoms with van der Waals surface area (Å²) in [4.78, 5) is 26.9. The number of hydrogen-bond acceptors (Lipinski definition) is 5. The second kappa shape index (κ2) is 7.73. The molecule has 19 heavy (non-hydrogen) atoms. The summed E-state index contributed by atoms with van der Waals surface area (Å²) in [6.45, 7) is 4.19. The minimum atomic E-state index is -0.534. The maximum absolute atomic E-state index is 11.6. The van der Waals surface area contributed by atoms with Crippen LogP contribution in [0.1, 0.15) is 37.0 Å². The molecule has 0 aliphatic heterocycles. The van der Waals surface area contributed by atoms with Crippen molar-refractivity contribution in [2.45, 2.75) is 32.7 Å². The molecule has 0 aliphatic rings. The number of nitrogens with zero attached hydrogens (tertiary/aromatic N) is 1. The van der Waals surface area contributed by atoms with Gasteiger partial charge in [-0.15, -0.1) is 11.3 Å². The number of carbonyl (C=O) groups excluding carboxylic acids is 2. The number of hydrogen-bond donors (Lipinski definition) is 2. The van der Waals surface area contributed by atoms with Crippen LogP contribution < -0.4 is 10.6 Å². The second-order valence-corrected chi connectivity index (χ2v) is 4.92. The van der Waals surface area contributed by atoms with Crippen molar-refractivity contribution < 1.29 is 14.3 Å². The Morgan fingerprint density at radius 1 is 1.53 bits per heavy atom. The van der Waals surface area contributed by atoms with Gasteiger partial charge in [-0.1, -0.05) is 6.92 Å². The second-order valence-electron chi connectivity index (χ2n) is 3.98. The third kappa shape index (κ3) is 5.25. The quantitative estimate of drug-likeness (QED) is 0.832. The van der Waals surface area contributed by atoms with Gasteiger partial charge in [0.25, 0.3) is 0 Å². The van der Waals surface area contributed by atoms with Crippen molar-refractivity contribution >= 4 is 23.3 Å². The van der Waals surface area contributed by atoms with Gasteiger partial charge in [0.05, 0.1) is 23.9 Å². The van der Waals surface area contributed by atoms with E-state index in [1.54, 1.807) is 11.3 Å². The zero-order valence-corrected chi connectivity index (χ0v) is 12.2. The highest BCUT2D eigenvalue weighted by Crippen LogP contribution is 2.16. The molecule has 1 atom stereocenters. The number of nitrogens with one attached hydrogen (secondary N) is 2. The number of methoxy groups -OCH3 is 1. The molecule has 0 aromatic carbocycles. The number of thiazole rings is 1. The molecule has 0 bridgehead atoms. The largest absolute Gasteiger partial charge is 0.453 e. The van der Waals surface area contributed by atoms with Gasteiger partial charge in [-0.05, 0) is 13.3 Å². The van der Waals surface area contributed by atoms with Crippen molar-refractivity contribution in [3.05, 3.63) is 16.1 Å². The molecular formula is C12H19N3O3S. The van der Waals surface area contributed by atoms with Crippen LogP contribution in [0.25, 0.3) is 0 Å². The molecule has 106 valence electrons. The molecular weight excluding hydrogens is 266 g/mol. The van der Waals surface area contributed by atoms with Crippen LogP contribution in [0.3, 0.4) is 0 Å². The standard InChI is InChI=1S/C12H19N3O3S/c1-4-11-15-9(7-19-11)8(2)14-10(16)5-6-13-12(17)18-3/h7-8H,4-6H2,1-3H3,(H,13,17)(H,14,16). The van der Waals surface area contributed by atoms with E-state index in [9.17, 15) is 9.59 Å². The molecule has 1 aromatic heterocycles. The molecule has 0 fully saturated rings. The number of ether oxygens (including phenoxy) is 1. The van der Waals surface area contributed by atoms with E-state index in [0.29, 0.717) is 0 Å². The molecule has 6 nitrogen and oxygen atoms in total. The molecule has 1 rings (SSSR count). The lowest BCUT2D eigenvalue weighted by atomic mass is 10.2. The lowest BCUT2D eigenvalue weighted by molar-refractivity contribution is -0.121. The zero-order valence-electron chi connectivity index (χ0n) is 11.4. The van der Waals surface area contributed by atoms with Crippen molar-refractivity contribution in [2.24, 2.45) is 0 Å². The summed E-state index contributed by atoms with van der Waals surface area (Å²) in [5.74, 6) is -0.130. The van der Waals surface area contributed by atoms with Gasteiger partial charge in [-0.25, -0.2) is 9.78 Å². The van der Waals surface area contributed by atoms with E-state index < -0.39 is 6.09 Å². The molecule has 0 aliphatic carbocycles. The molecule has 2 N–H and O–H groups in total. The van der Waals surface area contributed by atoms with Crippen LogP contribution in [0, 0.1) is 0 Å². The van der Waals surface area contributed by atoms with Crippen molar-refractivity contribution in [3.63, 3.8) is 0 Å². The number of aromatic nitrogens is 1. The van der Waals surface area contributed by atoms with Gasteiger partial charge in [0.2, 0.25) is 5.91 Å². The topological polar surface area (TPSA) is 80.3 Å². The van der Waals surface area contributed by atoms with Gasteiger partial charge in [0.15, 0.2) is 0 Å². The molecule has 2 amide bonds. The SMILES string of the molecule is CCc1nc(C(C)NC(=O)CCNC(=O)OC)cs1. The van der Waals surface area contributed by atoms with Crippen LogP contribution in [0.2, 0.25) is 0 Å². The summed E-state index contributed by atoms with van der Waals surface area (Å²) in [5, 5.41) is 8.31. The Morgan fingerprint density at radius 3 is 2.84 bits per heavy atom. The lowest BCUT2D eigenvalue weighted by Crippen LogP contribution is -2.32. The molecule has 1 aromatic rings. The molecule has 0 spiro atoms. The van der Waals surface area contributed by atoms with Crippen LogP contribution in [0.4, 0.5) is 4.79 Å². The van der Waals surface area contributed by atoms with E-state index in [2.05, 4.69) is 20.4 Å². The molecule has 0 saturated carbocycles. The van der Waals surface area contributed by atoms with E-state index in [1.807, 2.05) is 19.2 Å². The fourth-order valence-electron chi connectivity index (χ4n) is 1.42. The van der Waals surface area contributed by atoms with Gasteiger partial charge in [-0.3, -0.25) is 4.79 Å². The first kappa shape index (κ1) is 15.4. The predicted molar refractivity (Wildman–Crippen MR) is 73.1 cm³/mol. The number of alkyl carbamates (subject to hydrolysis) is 1. The van der Waals surface area contributed by atoms with Gasteiger partial charge in [-0.2, -0.15) is 0 Å². The Hall–Kier alpha value is -1.63. The highest BCUT2D eigenvalue weighted by molar-refractivity contribution is 7.09. The predicted octanol–water partition coefficient (Wildman–Crippen LogP) is 1.63. The summed E-state index contributed by atoms with van der Waals surface area (Å²) in [6.07, 6.45) is 0.575. The smallest absolute Gasteiger partial charge is 0.406 e. The first-order valence-corrected chi connectivity index (χ1v) is 7.00. The third-order valence-electron chi connectivity index (χ3n) is 2.50. The highest BCUT2D eigenvalue weighted by Gasteiger charge is 2.12. The van der Waals surface area contributed by atoms with Crippen molar-refractivity contribution in [1.29, 1.82) is 0 Å². The average Bonchev–Trinajstić information content (AvgIpc) is 2.87. The van der Waals surface area contributed by atoms with E-state index in [4.69, 9.17) is 0 Å². The van der Waals surface area contributed by atoms with Gasteiger partial charge < -0.3 is 15.4 Å². The van der Waals surface area contributed by atoms with Gasteiger partial charge in [0.1, 0.15) is 0 Å². The fourth-order valence-corrected chi connectivity index (χ4v) is 2.26. The Morgan fingerprint density at radius 2 is 2.26 bits per heavy atom. The zero-order chi connectivity index (χ0) is 14.3. The summed E-state index contributed by atoms with van der Waals surface area (Å²) in [5.41, 5.74) is 0.871. The number of aryl methyl sites for hydroxylation is 1. The lowest BCUT2D eigenvalue weighted by Gasteiger charge is -2.11. The minimum absolute atomic E-state index is 0.123. The Bertz CT molecular complexity index is 434. The summed E-state index contributed by atoms with van der Waals surface area (Å²) in [7, 11) is 1.28. The molecule has 7 heteroatoms. The van der Waals surface area contributed by atoms with Crippen LogP contribution >= 0.6 is 11.3 Å². The Kier molecular flexibility index (Phi) is 6.27. The van der Waals surface area contributed by atoms with Crippen LogP contribution in [0.15, 0.2) is 5.38 Å². The third-order valence-corrected chi connectivity index (χ3v) is 3.51. The monoisotopic (exact) mass is 285 g/mol. The van der Waals surface area contributed by atoms with Gasteiger partial charge >= 0.3 is 6.09 Å². The van der Waals surface area contributed by atoms with E-state index in [-0.39, 0.29) is 24.9 Å². The average molecular weight is 285 g/mol. The van der Waals surface area contributed by atoms with Crippen molar-refractivity contribution in [2.75, 3.05) is 13.7 Å². The first-order valence-electron chi connectivity index (χ1n) is 6.12. The van der Waals surface area contributed by atoms with Crippen LogP contribution in [-0.4, -0.2) is 30.6 Å². The minimum Gasteiger partial charge on any atom is -0.453 e. The van der Waals surface area contributed by atoms with Crippen molar-refractivity contribution in [1.82, 2.24) is 15.6 Å². The molecule has 0 radical (unpaired) electrons. The summed E-state index contributed by atoms with van der Waals surface area (Å²) < 4.78 is 4.41. The maximum atomic E-state index is 11.6. The number of rotatable bonds is 6. The fraction of sp³-hybridized carbons (Fsp3) is 0.583. The highest BCUT2D eigenvalue weighted by atomic mass is 32.1. The van der Waals surface area contributed by atoms with Crippen LogP contribution in [0.5, 0.6) is 0 Å². The van der Waals surface area contributed by atoms with E-state index in [1.165, 1.54) is 7.11 Å². The Balaban J connectivity index is 2.33. The van der Waals surface area contributed by atoms with Crippen LogP contribution in [-0.2, 0) is 16.0 Å². The first-order chi connectivity index (χ1) is 9.06. The normalized spacial score (nSPS) is 11.7. The van der Waals surface area contributed by atoms with E-state index >= 15 is 0 Å². The van der Waals surface area contributed by atoms with E-state index in [0.717, 1.165) is 17.1 Å². The summed E-state index contributed by atoms with van der Waals surface area (Å²) in [6, 6.07) is -0.123. The van der Waals surface area contributed by atoms with Crippen molar-refractivity contribution in [3.8, 4) is 0 Å². The number of amides is 2. The molecule has 1 heterocycles. The van der Waals surface area contributed by atoms with Gasteiger partial charge in [0, 0.05) is 18.3 Å².